The molecule has 0 aliphatic carbocycles. The molecular weight excluding hydrogens is 264 g/mol. The third-order valence-electron chi connectivity index (χ3n) is 2.86. The molecule has 108 valence electrons. The lowest BCUT2D eigenvalue weighted by molar-refractivity contribution is 0.0939. The Morgan fingerprint density at radius 1 is 1.25 bits per heavy atom. The van der Waals surface area contributed by atoms with Gasteiger partial charge < -0.3 is 4.74 Å². The molecule has 2 rings (SSSR count). The molecule has 0 radical (unpaired) electrons. The van der Waals surface area contributed by atoms with Gasteiger partial charge in [-0.25, -0.2) is 8.78 Å². The number of nitrogens with zero attached hydrogens (tertiary/aromatic N) is 1. The highest BCUT2D eigenvalue weighted by atomic mass is 19.1. The highest BCUT2D eigenvalue weighted by Gasteiger charge is 2.23. The van der Waals surface area contributed by atoms with E-state index < -0.39 is 23.0 Å². The van der Waals surface area contributed by atoms with Gasteiger partial charge in [0, 0.05) is 24.1 Å². The van der Waals surface area contributed by atoms with Crippen molar-refractivity contribution in [1.29, 1.82) is 0 Å². The van der Waals surface area contributed by atoms with Gasteiger partial charge in [-0.05, 0) is 33.8 Å². The van der Waals surface area contributed by atoms with Crippen LogP contribution in [0.25, 0.3) is 10.9 Å². The average molecular weight is 281 g/mol. The van der Waals surface area contributed by atoms with Crippen LogP contribution in [0, 0.1) is 18.6 Å². The van der Waals surface area contributed by atoms with E-state index in [-0.39, 0.29) is 16.8 Å². The Morgan fingerprint density at radius 3 is 2.35 bits per heavy atom. The molecule has 0 unspecified atom stereocenters. The van der Waals surface area contributed by atoms with Crippen LogP contribution >= 0.6 is 0 Å². The Labute approximate surface area is 116 Å². The minimum absolute atomic E-state index is 0.179. The van der Waals surface area contributed by atoms with Gasteiger partial charge in [0.05, 0.1) is 5.52 Å². The highest BCUT2D eigenvalue weighted by Crippen LogP contribution is 2.33. The molecule has 5 heteroatoms. The van der Waals surface area contributed by atoms with E-state index in [1.165, 1.54) is 17.6 Å². The van der Waals surface area contributed by atoms with Crippen molar-refractivity contribution in [1.82, 2.24) is 4.57 Å². The Hall–Kier alpha value is -1.91. The van der Waals surface area contributed by atoms with Crippen LogP contribution in [-0.4, -0.2) is 16.1 Å². The van der Waals surface area contributed by atoms with E-state index in [1.54, 1.807) is 27.7 Å². The van der Waals surface area contributed by atoms with E-state index in [1.807, 2.05) is 0 Å². The third-order valence-corrected chi connectivity index (χ3v) is 2.86. The number of ether oxygens (including phenoxy) is 1. The number of aryl methyl sites for hydroxylation is 1. The summed E-state index contributed by atoms with van der Waals surface area (Å²) in [7, 11) is 0. The van der Waals surface area contributed by atoms with Crippen molar-refractivity contribution in [3.05, 3.63) is 29.5 Å². The summed E-state index contributed by atoms with van der Waals surface area (Å²) in [6.07, 6.45) is 0. The van der Waals surface area contributed by atoms with Crippen LogP contribution in [0.4, 0.5) is 8.78 Å². The largest absolute Gasteiger partial charge is 0.482 e. The topological polar surface area (TPSA) is 31.2 Å². The fraction of sp³-hybridized carbons (Fsp3) is 0.400. The van der Waals surface area contributed by atoms with Crippen molar-refractivity contribution >= 4 is 16.8 Å². The Morgan fingerprint density at radius 2 is 1.85 bits per heavy atom. The monoisotopic (exact) mass is 281 g/mol. The second kappa shape index (κ2) is 4.58. The Bertz CT molecular complexity index is 696. The Kier molecular flexibility index (Phi) is 3.32. The van der Waals surface area contributed by atoms with E-state index >= 15 is 0 Å². The zero-order valence-corrected chi connectivity index (χ0v) is 12.2. The van der Waals surface area contributed by atoms with E-state index in [0.717, 1.165) is 6.07 Å². The van der Waals surface area contributed by atoms with Crippen LogP contribution in [0.1, 0.15) is 38.2 Å². The average Bonchev–Trinajstić information content (AvgIpc) is 2.60. The molecule has 0 spiro atoms. The maximum atomic E-state index is 14.4. The van der Waals surface area contributed by atoms with E-state index in [2.05, 4.69) is 0 Å². The molecule has 1 aromatic carbocycles. The van der Waals surface area contributed by atoms with Crippen molar-refractivity contribution in [3.8, 4) is 5.75 Å². The van der Waals surface area contributed by atoms with Gasteiger partial charge in [-0.2, -0.15) is 0 Å². The lowest BCUT2D eigenvalue weighted by atomic mass is 10.1. The lowest BCUT2D eigenvalue weighted by Crippen LogP contribution is -2.24. The van der Waals surface area contributed by atoms with E-state index in [0.29, 0.717) is 5.69 Å². The molecular formula is C15H17F2NO2. The molecule has 3 nitrogen and oxygen atoms in total. The number of carbonyl (C=O) groups is 1. The molecule has 0 amide bonds. The smallest absolute Gasteiger partial charge is 0.228 e. The maximum Gasteiger partial charge on any atom is 0.228 e. The summed E-state index contributed by atoms with van der Waals surface area (Å²) in [6, 6.07) is 2.65. The summed E-state index contributed by atoms with van der Waals surface area (Å²) in [4.78, 5) is 11.6. The van der Waals surface area contributed by atoms with Crippen molar-refractivity contribution in [2.24, 2.45) is 0 Å². The first kappa shape index (κ1) is 14.5. The number of halogens is 2. The van der Waals surface area contributed by atoms with Gasteiger partial charge in [0.1, 0.15) is 5.60 Å². The SMILES string of the molecule is CC(=O)n1c(C)cc2c(F)c(OC(C)(C)C)c(F)cc21. The van der Waals surface area contributed by atoms with Crippen LogP contribution in [0.3, 0.4) is 0 Å². The van der Waals surface area contributed by atoms with Gasteiger partial charge >= 0.3 is 0 Å². The van der Waals surface area contributed by atoms with Gasteiger partial charge in [-0.1, -0.05) is 0 Å². The van der Waals surface area contributed by atoms with Crippen LogP contribution in [0.15, 0.2) is 12.1 Å². The minimum Gasteiger partial charge on any atom is -0.482 e. The number of carbonyl (C=O) groups excluding carboxylic acids is 1. The second-order valence-electron chi connectivity index (χ2n) is 5.79. The first-order chi connectivity index (χ1) is 9.11. The molecule has 1 heterocycles. The molecule has 0 aliphatic heterocycles. The molecule has 0 atom stereocenters. The van der Waals surface area contributed by atoms with Crippen LogP contribution in [0.5, 0.6) is 5.75 Å². The van der Waals surface area contributed by atoms with Gasteiger partial charge in [-0.15, -0.1) is 0 Å². The first-order valence-corrected chi connectivity index (χ1v) is 6.32. The van der Waals surface area contributed by atoms with Gasteiger partial charge in [0.25, 0.3) is 0 Å². The number of aromatic nitrogens is 1. The summed E-state index contributed by atoms with van der Waals surface area (Å²) in [5, 5.41) is 0.179. The minimum atomic E-state index is -0.814. The third kappa shape index (κ3) is 2.40. The molecule has 0 aliphatic rings. The number of fused-ring (bicyclic) bond motifs is 1. The number of benzene rings is 1. The lowest BCUT2D eigenvalue weighted by Gasteiger charge is -2.22. The van der Waals surface area contributed by atoms with Crippen LogP contribution in [0.2, 0.25) is 0 Å². The molecule has 2 aromatic rings. The summed E-state index contributed by atoms with van der Waals surface area (Å²) in [6.45, 7) is 8.15. The van der Waals surface area contributed by atoms with Crippen molar-refractivity contribution in [2.45, 2.75) is 40.2 Å². The standard InChI is InChI=1S/C15H17F2NO2/c1-8-6-10-12(18(8)9(2)19)7-11(16)14(13(10)17)20-15(3,4)5/h6-7H,1-5H3. The van der Waals surface area contributed by atoms with Gasteiger partial charge in [-0.3, -0.25) is 9.36 Å². The predicted molar refractivity (Wildman–Crippen MR) is 73.3 cm³/mol. The fourth-order valence-electron chi connectivity index (χ4n) is 2.21. The van der Waals surface area contributed by atoms with E-state index in [4.69, 9.17) is 4.74 Å². The molecule has 0 fully saturated rings. The molecule has 0 N–H and O–H groups in total. The quantitative estimate of drug-likeness (QED) is 0.789. The number of hydrogen-bond donors (Lipinski definition) is 0. The summed E-state index contributed by atoms with van der Waals surface area (Å²) in [5.41, 5.74) is 0.0537. The number of rotatable bonds is 1. The predicted octanol–water partition coefficient (Wildman–Crippen LogP) is 4.07. The molecule has 0 saturated heterocycles. The summed E-state index contributed by atoms with van der Waals surface area (Å²) >= 11 is 0. The molecule has 0 bridgehead atoms. The summed E-state index contributed by atoms with van der Waals surface area (Å²) < 4.78 is 35.1. The second-order valence-corrected chi connectivity index (χ2v) is 5.79. The van der Waals surface area contributed by atoms with Crippen LogP contribution in [-0.2, 0) is 0 Å². The van der Waals surface area contributed by atoms with Crippen LogP contribution < -0.4 is 4.74 Å². The van der Waals surface area contributed by atoms with Gasteiger partial charge in [0.15, 0.2) is 17.4 Å². The zero-order valence-electron chi connectivity index (χ0n) is 12.2. The first-order valence-electron chi connectivity index (χ1n) is 6.32. The normalized spacial score (nSPS) is 11.9. The summed E-state index contributed by atoms with van der Waals surface area (Å²) in [5.74, 6) is -2.30. The number of hydrogen-bond acceptors (Lipinski definition) is 2. The van der Waals surface area contributed by atoms with Crippen molar-refractivity contribution in [3.63, 3.8) is 0 Å². The maximum absolute atomic E-state index is 14.4. The molecule has 1 aromatic heterocycles. The van der Waals surface area contributed by atoms with E-state index in [9.17, 15) is 13.6 Å². The molecule has 20 heavy (non-hydrogen) atoms. The highest BCUT2D eigenvalue weighted by molar-refractivity contribution is 5.93. The molecule has 0 saturated carbocycles. The zero-order chi connectivity index (χ0) is 15.2. The Balaban J connectivity index is 2.75. The van der Waals surface area contributed by atoms with Gasteiger partial charge in [0.2, 0.25) is 5.91 Å². The van der Waals surface area contributed by atoms with Crippen molar-refractivity contribution < 1.29 is 18.3 Å². The fourth-order valence-corrected chi connectivity index (χ4v) is 2.21. The van der Waals surface area contributed by atoms with Crippen molar-refractivity contribution in [2.75, 3.05) is 0 Å².